The van der Waals surface area contributed by atoms with Gasteiger partial charge in [0.1, 0.15) is 0 Å². The number of piperazine rings is 1. The highest BCUT2D eigenvalue weighted by atomic mass is 35.5. The molecule has 0 spiro atoms. The number of nitrogens with one attached hydrogen (secondary N) is 1. The van der Waals surface area contributed by atoms with E-state index >= 15 is 0 Å². The summed E-state index contributed by atoms with van der Waals surface area (Å²) in [5.74, 6) is -0.886. The summed E-state index contributed by atoms with van der Waals surface area (Å²) in [4.78, 5) is 15.7. The van der Waals surface area contributed by atoms with Crippen LogP contribution < -0.4 is 4.94 Å². The van der Waals surface area contributed by atoms with E-state index in [1.807, 2.05) is 17.1 Å². The van der Waals surface area contributed by atoms with E-state index in [2.05, 4.69) is 9.84 Å². The third kappa shape index (κ3) is 3.43. The molecule has 0 radical (unpaired) electrons. The first-order valence-corrected chi connectivity index (χ1v) is 6.22. The molecule has 0 amide bonds. The summed E-state index contributed by atoms with van der Waals surface area (Å²) in [5, 5.41) is 10.8. The highest BCUT2D eigenvalue weighted by Crippen LogP contribution is 2.09. The third-order valence-electron chi connectivity index (χ3n) is 3.10. The van der Waals surface area contributed by atoms with Crippen molar-refractivity contribution < 1.29 is 9.90 Å². The number of hydrogen-bond donors (Lipinski definition) is 2. The zero-order chi connectivity index (χ0) is 13.0. The average molecular weight is 270 g/mol. The summed E-state index contributed by atoms with van der Waals surface area (Å²) in [5.41, 5.74) is 1.46. The standard InChI is InChI=1S/C12H16ClN3O2/c13-14-16-7-5-15(6-8-16)9-10-1-3-11(4-2-10)12(17)18/h1-4,14H,5-9H2,(H,17,18). The van der Waals surface area contributed by atoms with E-state index in [1.54, 1.807) is 12.1 Å². The van der Waals surface area contributed by atoms with Crippen LogP contribution >= 0.6 is 11.8 Å². The average Bonchev–Trinajstić information content (AvgIpc) is 2.40. The van der Waals surface area contributed by atoms with Gasteiger partial charge in [-0.1, -0.05) is 12.1 Å². The van der Waals surface area contributed by atoms with Crippen molar-refractivity contribution in [2.24, 2.45) is 0 Å². The molecule has 1 aromatic carbocycles. The normalized spacial score (nSPS) is 17.8. The van der Waals surface area contributed by atoms with Crippen LogP contribution in [0.2, 0.25) is 0 Å². The van der Waals surface area contributed by atoms with Gasteiger partial charge in [0.2, 0.25) is 0 Å². The van der Waals surface area contributed by atoms with E-state index in [4.69, 9.17) is 16.9 Å². The van der Waals surface area contributed by atoms with Crippen LogP contribution in [0.15, 0.2) is 24.3 Å². The van der Waals surface area contributed by atoms with E-state index in [0.717, 1.165) is 38.3 Å². The second-order valence-electron chi connectivity index (χ2n) is 4.35. The summed E-state index contributed by atoms with van der Waals surface area (Å²) in [7, 11) is 0. The topological polar surface area (TPSA) is 55.8 Å². The first kappa shape index (κ1) is 13.3. The van der Waals surface area contributed by atoms with Gasteiger partial charge >= 0.3 is 5.97 Å². The van der Waals surface area contributed by atoms with Crippen LogP contribution in [-0.2, 0) is 6.54 Å². The number of hydrazine groups is 1. The van der Waals surface area contributed by atoms with Gasteiger partial charge in [-0.05, 0) is 29.5 Å². The number of rotatable bonds is 4. The van der Waals surface area contributed by atoms with Crippen molar-refractivity contribution >= 4 is 17.7 Å². The summed E-state index contributed by atoms with van der Waals surface area (Å²) in [6.45, 7) is 4.50. The Labute approximate surface area is 111 Å². The molecule has 18 heavy (non-hydrogen) atoms. The highest BCUT2D eigenvalue weighted by Gasteiger charge is 2.16. The van der Waals surface area contributed by atoms with Crippen molar-refractivity contribution in [3.63, 3.8) is 0 Å². The Morgan fingerprint density at radius 2 is 1.83 bits per heavy atom. The summed E-state index contributed by atoms with van der Waals surface area (Å²) < 4.78 is 0. The molecule has 1 aliphatic rings. The van der Waals surface area contributed by atoms with E-state index < -0.39 is 5.97 Å². The molecule has 0 saturated carbocycles. The zero-order valence-corrected chi connectivity index (χ0v) is 10.7. The summed E-state index contributed by atoms with van der Waals surface area (Å²) in [6, 6.07) is 7.04. The Kier molecular flexibility index (Phi) is 4.54. The quantitative estimate of drug-likeness (QED) is 0.804. The number of benzene rings is 1. The van der Waals surface area contributed by atoms with E-state index in [0.29, 0.717) is 5.56 Å². The number of nitrogens with zero attached hydrogens (tertiary/aromatic N) is 2. The zero-order valence-electron chi connectivity index (χ0n) is 9.97. The first-order valence-electron chi connectivity index (χ1n) is 5.85. The Hall–Kier alpha value is -1.14. The fourth-order valence-electron chi connectivity index (χ4n) is 2.00. The molecule has 98 valence electrons. The van der Waals surface area contributed by atoms with Crippen LogP contribution in [0.3, 0.4) is 0 Å². The molecule has 0 unspecified atom stereocenters. The van der Waals surface area contributed by atoms with Crippen molar-refractivity contribution in [2.75, 3.05) is 26.2 Å². The number of carbonyl (C=O) groups is 1. The van der Waals surface area contributed by atoms with E-state index in [1.165, 1.54) is 0 Å². The molecule has 0 atom stereocenters. The second kappa shape index (κ2) is 6.15. The van der Waals surface area contributed by atoms with Crippen LogP contribution in [0, 0.1) is 0 Å². The highest BCUT2D eigenvalue weighted by molar-refractivity contribution is 6.13. The number of aromatic carboxylic acids is 1. The molecular formula is C12H16ClN3O2. The number of halogens is 1. The van der Waals surface area contributed by atoms with Gasteiger partial charge < -0.3 is 5.11 Å². The SMILES string of the molecule is O=C(O)c1ccc(CN2CCN(NCl)CC2)cc1. The molecule has 0 bridgehead atoms. The Morgan fingerprint density at radius 1 is 1.22 bits per heavy atom. The van der Waals surface area contributed by atoms with Crippen molar-refractivity contribution in [3.8, 4) is 0 Å². The maximum atomic E-state index is 10.7. The Bertz CT molecular complexity index is 402. The van der Waals surface area contributed by atoms with Crippen LogP contribution in [0.25, 0.3) is 0 Å². The Balaban J connectivity index is 1.88. The molecule has 1 saturated heterocycles. The monoisotopic (exact) mass is 269 g/mol. The fraction of sp³-hybridized carbons (Fsp3) is 0.417. The molecule has 5 nitrogen and oxygen atoms in total. The summed E-state index contributed by atoms with van der Waals surface area (Å²) >= 11 is 5.54. The lowest BCUT2D eigenvalue weighted by molar-refractivity contribution is 0.0697. The van der Waals surface area contributed by atoms with Crippen LogP contribution in [0.4, 0.5) is 0 Å². The smallest absolute Gasteiger partial charge is 0.335 e. The second-order valence-corrected chi connectivity index (χ2v) is 4.52. The predicted molar refractivity (Wildman–Crippen MR) is 69.2 cm³/mol. The fourth-order valence-corrected chi connectivity index (χ4v) is 2.17. The lowest BCUT2D eigenvalue weighted by Crippen LogP contribution is -2.48. The van der Waals surface area contributed by atoms with Crippen LogP contribution in [0.1, 0.15) is 15.9 Å². The van der Waals surface area contributed by atoms with E-state index in [9.17, 15) is 4.79 Å². The largest absolute Gasteiger partial charge is 0.478 e. The first-order chi connectivity index (χ1) is 8.69. The van der Waals surface area contributed by atoms with E-state index in [-0.39, 0.29) is 0 Å². The molecule has 2 N–H and O–H groups in total. The molecular weight excluding hydrogens is 254 g/mol. The number of hydrogen-bond acceptors (Lipinski definition) is 4. The minimum Gasteiger partial charge on any atom is -0.478 e. The van der Waals surface area contributed by atoms with Crippen molar-refractivity contribution in [3.05, 3.63) is 35.4 Å². The van der Waals surface area contributed by atoms with Gasteiger partial charge in [-0.25, -0.2) is 9.80 Å². The summed E-state index contributed by atoms with van der Waals surface area (Å²) in [6.07, 6.45) is 0. The third-order valence-corrected chi connectivity index (χ3v) is 3.34. The van der Waals surface area contributed by atoms with Gasteiger partial charge in [0.15, 0.2) is 0 Å². The maximum Gasteiger partial charge on any atom is 0.335 e. The lowest BCUT2D eigenvalue weighted by Gasteiger charge is -2.33. The van der Waals surface area contributed by atoms with Gasteiger partial charge in [-0.15, -0.1) is 0 Å². The predicted octanol–water partition coefficient (Wildman–Crippen LogP) is 1.16. The lowest BCUT2D eigenvalue weighted by atomic mass is 10.1. The van der Waals surface area contributed by atoms with Crippen molar-refractivity contribution in [1.29, 1.82) is 0 Å². The van der Waals surface area contributed by atoms with Crippen molar-refractivity contribution in [2.45, 2.75) is 6.54 Å². The number of carboxylic acids is 1. The molecule has 1 aromatic rings. The van der Waals surface area contributed by atoms with Gasteiger partial charge in [0, 0.05) is 32.7 Å². The van der Waals surface area contributed by atoms with Crippen molar-refractivity contribution in [1.82, 2.24) is 14.9 Å². The molecule has 1 fully saturated rings. The molecule has 2 rings (SSSR count). The minimum absolute atomic E-state index is 0.329. The molecule has 1 heterocycles. The van der Waals surface area contributed by atoms with Gasteiger partial charge in [0.05, 0.1) is 5.56 Å². The maximum absolute atomic E-state index is 10.7. The van der Waals surface area contributed by atoms with Gasteiger partial charge in [0.25, 0.3) is 0 Å². The minimum atomic E-state index is -0.886. The van der Waals surface area contributed by atoms with Gasteiger partial charge in [-0.2, -0.15) is 4.94 Å². The molecule has 6 heteroatoms. The molecule has 1 aliphatic heterocycles. The number of carboxylic acid groups (broad SMARTS) is 1. The molecule has 0 aliphatic carbocycles. The Morgan fingerprint density at radius 3 is 2.33 bits per heavy atom. The van der Waals surface area contributed by atoms with Crippen LogP contribution in [-0.4, -0.2) is 47.2 Å². The van der Waals surface area contributed by atoms with Gasteiger partial charge in [-0.3, -0.25) is 4.90 Å². The van der Waals surface area contributed by atoms with Crippen LogP contribution in [0.5, 0.6) is 0 Å². The molecule has 0 aromatic heterocycles.